The molecular formula is C17H23Cl2N3OS. The van der Waals surface area contributed by atoms with Crippen LogP contribution in [0.2, 0.25) is 0 Å². The van der Waals surface area contributed by atoms with Crippen LogP contribution in [0.3, 0.4) is 0 Å². The lowest BCUT2D eigenvalue weighted by molar-refractivity contribution is 0.0897. The van der Waals surface area contributed by atoms with E-state index in [0.717, 1.165) is 41.9 Å². The highest BCUT2D eigenvalue weighted by molar-refractivity contribution is 7.09. The molecule has 3 N–H and O–H groups in total. The maximum Gasteiger partial charge on any atom is 0.252 e. The highest BCUT2D eigenvalue weighted by Crippen LogP contribution is 2.40. The zero-order valence-corrected chi connectivity index (χ0v) is 16.2. The number of benzene rings is 1. The largest absolute Gasteiger partial charge is 0.399 e. The van der Waals surface area contributed by atoms with Crippen LogP contribution in [-0.4, -0.2) is 10.9 Å². The summed E-state index contributed by atoms with van der Waals surface area (Å²) in [6, 6.07) is 5.46. The monoisotopic (exact) mass is 387 g/mol. The molecule has 1 saturated carbocycles. The molecule has 1 amide bonds. The normalized spacial score (nSPS) is 15.2. The molecule has 24 heavy (non-hydrogen) atoms. The molecule has 4 nitrogen and oxygen atoms in total. The second-order valence-corrected chi connectivity index (χ2v) is 6.97. The van der Waals surface area contributed by atoms with E-state index < -0.39 is 0 Å². The Morgan fingerprint density at radius 2 is 1.92 bits per heavy atom. The highest BCUT2D eigenvalue weighted by atomic mass is 35.5. The van der Waals surface area contributed by atoms with E-state index >= 15 is 0 Å². The van der Waals surface area contributed by atoms with Gasteiger partial charge in [-0.05, 0) is 44.4 Å². The predicted octanol–water partition coefficient (Wildman–Crippen LogP) is 4.39. The van der Waals surface area contributed by atoms with Gasteiger partial charge in [0.15, 0.2) is 0 Å². The van der Waals surface area contributed by atoms with Crippen molar-refractivity contribution < 1.29 is 4.79 Å². The number of anilines is 1. The maximum atomic E-state index is 12.8. The summed E-state index contributed by atoms with van der Waals surface area (Å²) in [5.41, 5.74) is 8.74. The van der Waals surface area contributed by atoms with Crippen molar-refractivity contribution in [2.75, 3.05) is 5.73 Å². The number of amides is 1. The molecule has 1 aromatic carbocycles. The number of carbonyl (C=O) groups excluding carboxylic acids is 1. The van der Waals surface area contributed by atoms with Crippen LogP contribution in [0.5, 0.6) is 0 Å². The second-order valence-electron chi connectivity index (χ2n) is 6.11. The minimum atomic E-state index is -0.312. The summed E-state index contributed by atoms with van der Waals surface area (Å²) in [6.45, 7) is 3.93. The molecule has 0 radical (unpaired) electrons. The van der Waals surface area contributed by atoms with E-state index in [1.165, 1.54) is 0 Å². The number of hydrogen-bond acceptors (Lipinski definition) is 4. The summed E-state index contributed by atoms with van der Waals surface area (Å²) in [5, 5.41) is 6.33. The number of nitrogens with one attached hydrogen (secondary N) is 1. The molecule has 1 aromatic heterocycles. The third-order valence-electron chi connectivity index (χ3n) is 4.34. The lowest BCUT2D eigenvalue weighted by Gasteiger charge is -2.28. The molecule has 1 fully saturated rings. The third-order valence-corrected chi connectivity index (χ3v) is 5.51. The summed E-state index contributed by atoms with van der Waals surface area (Å²) in [5.74, 6) is -0.0560. The zero-order chi connectivity index (χ0) is 15.7. The van der Waals surface area contributed by atoms with Gasteiger partial charge in [-0.25, -0.2) is 4.98 Å². The van der Waals surface area contributed by atoms with E-state index in [9.17, 15) is 4.79 Å². The molecule has 1 aliphatic carbocycles. The summed E-state index contributed by atoms with van der Waals surface area (Å²) in [7, 11) is 0. The van der Waals surface area contributed by atoms with Crippen molar-refractivity contribution in [2.24, 2.45) is 0 Å². The van der Waals surface area contributed by atoms with Crippen LogP contribution in [-0.2, 0) is 5.54 Å². The SMILES string of the molecule is Cc1csc(C2(NC(=O)c3cc(N)ccc3C)CCCC2)n1.Cl.Cl. The first-order valence-electron chi connectivity index (χ1n) is 7.61. The van der Waals surface area contributed by atoms with E-state index in [1.807, 2.05) is 31.4 Å². The van der Waals surface area contributed by atoms with E-state index in [2.05, 4.69) is 10.3 Å². The number of thiazole rings is 1. The Labute approximate surface area is 159 Å². The molecule has 2 aromatic rings. The van der Waals surface area contributed by atoms with Gasteiger partial charge in [-0.15, -0.1) is 36.2 Å². The fourth-order valence-electron chi connectivity index (χ4n) is 3.11. The molecular weight excluding hydrogens is 365 g/mol. The molecule has 132 valence electrons. The van der Waals surface area contributed by atoms with Crippen LogP contribution < -0.4 is 11.1 Å². The quantitative estimate of drug-likeness (QED) is 0.767. The lowest BCUT2D eigenvalue weighted by Crippen LogP contribution is -2.44. The molecule has 7 heteroatoms. The number of nitrogens with two attached hydrogens (primary N) is 1. The fraction of sp³-hybridized carbons (Fsp3) is 0.412. The van der Waals surface area contributed by atoms with Gasteiger partial charge in [0.2, 0.25) is 0 Å². The molecule has 0 atom stereocenters. The van der Waals surface area contributed by atoms with Crippen molar-refractivity contribution in [3.63, 3.8) is 0 Å². The van der Waals surface area contributed by atoms with Crippen molar-refractivity contribution in [3.8, 4) is 0 Å². The first kappa shape index (κ1) is 20.7. The van der Waals surface area contributed by atoms with Gasteiger partial charge in [-0.1, -0.05) is 18.9 Å². The number of hydrogen-bond donors (Lipinski definition) is 2. The van der Waals surface area contributed by atoms with Crippen molar-refractivity contribution >= 4 is 47.7 Å². The number of aryl methyl sites for hydroxylation is 2. The van der Waals surface area contributed by atoms with Crippen LogP contribution in [0, 0.1) is 13.8 Å². The Hall–Kier alpha value is -1.30. The van der Waals surface area contributed by atoms with Gasteiger partial charge in [0.1, 0.15) is 5.01 Å². The molecule has 0 unspecified atom stereocenters. The standard InChI is InChI=1S/C17H21N3OS.2ClH/c1-11-5-6-13(18)9-14(11)15(21)20-17(7-3-4-8-17)16-19-12(2)10-22-16;;/h5-6,9-10H,3-4,7-8,18H2,1-2H3,(H,20,21);2*1H. The van der Waals surface area contributed by atoms with Crippen molar-refractivity contribution in [2.45, 2.75) is 45.1 Å². The Bertz CT molecular complexity index is 712. The summed E-state index contributed by atoms with van der Waals surface area (Å²) >= 11 is 1.64. The molecule has 1 aliphatic rings. The van der Waals surface area contributed by atoms with E-state index in [0.29, 0.717) is 11.3 Å². The number of aromatic nitrogens is 1. The second kappa shape index (κ2) is 8.19. The van der Waals surface area contributed by atoms with Crippen molar-refractivity contribution in [1.29, 1.82) is 0 Å². The summed E-state index contributed by atoms with van der Waals surface area (Å²) in [6.07, 6.45) is 4.14. The lowest BCUT2D eigenvalue weighted by atomic mass is 9.97. The molecule has 0 bridgehead atoms. The summed E-state index contributed by atoms with van der Waals surface area (Å²) in [4.78, 5) is 17.4. The van der Waals surface area contributed by atoms with Gasteiger partial charge < -0.3 is 11.1 Å². The van der Waals surface area contributed by atoms with Gasteiger partial charge >= 0.3 is 0 Å². The Morgan fingerprint density at radius 3 is 2.50 bits per heavy atom. The van der Waals surface area contributed by atoms with Crippen LogP contribution in [0.25, 0.3) is 0 Å². The maximum absolute atomic E-state index is 12.8. The molecule has 3 rings (SSSR count). The molecule has 0 spiro atoms. The minimum Gasteiger partial charge on any atom is -0.399 e. The first-order valence-corrected chi connectivity index (χ1v) is 8.49. The first-order chi connectivity index (χ1) is 10.5. The zero-order valence-electron chi connectivity index (χ0n) is 13.8. The van der Waals surface area contributed by atoms with Gasteiger partial charge in [0.05, 0.1) is 5.54 Å². The minimum absolute atomic E-state index is 0. The van der Waals surface area contributed by atoms with Gasteiger partial charge in [-0.2, -0.15) is 0 Å². The van der Waals surface area contributed by atoms with Crippen LogP contribution in [0.4, 0.5) is 5.69 Å². The predicted molar refractivity (Wildman–Crippen MR) is 105 cm³/mol. The molecule has 1 heterocycles. The number of halogens is 2. The third kappa shape index (κ3) is 4.02. The summed E-state index contributed by atoms with van der Waals surface area (Å²) < 4.78 is 0. The van der Waals surface area contributed by atoms with Gasteiger partial charge in [0.25, 0.3) is 5.91 Å². The number of rotatable bonds is 3. The fourth-order valence-corrected chi connectivity index (χ4v) is 4.13. The molecule has 0 saturated heterocycles. The Balaban J connectivity index is 0.00000144. The molecule has 0 aliphatic heterocycles. The highest BCUT2D eigenvalue weighted by Gasteiger charge is 2.39. The average molecular weight is 388 g/mol. The van der Waals surface area contributed by atoms with Gasteiger partial charge in [0, 0.05) is 22.3 Å². The van der Waals surface area contributed by atoms with Crippen LogP contribution in [0.15, 0.2) is 23.6 Å². The van der Waals surface area contributed by atoms with Crippen molar-refractivity contribution in [3.05, 3.63) is 45.4 Å². The van der Waals surface area contributed by atoms with Gasteiger partial charge in [-0.3, -0.25) is 4.79 Å². The Kier molecular flexibility index (Phi) is 7.08. The Morgan fingerprint density at radius 1 is 1.25 bits per heavy atom. The average Bonchev–Trinajstić information content (AvgIpc) is 3.11. The smallest absolute Gasteiger partial charge is 0.252 e. The topological polar surface area (TPSA) is 68.0 Å². The van der Waals surface area contributed by atoms with Crippen molar-refractivity contribution in [1.82, 2.24) is 10.3 Å². The number of nitrogens with zero attached hydrogens (tertiary/aromatic N) is 1. The van der Waals surface area contributed by atoms with Crippen LogP contribution in [0.1, 0.15) is 52.3 Å². The van der Waals surface area contributed by atoms with E-state index in [1.54, 1.807) is 17.4 Å². The van der Waals surface area contributed by atoms with Crippen LogP contribution >= 0.6 is 36.2 Å². The van der Waals surface area contributed by atoms with E-state index in [4.69, 9.17) is 5.73 Å². The number of nitrogen functional groups attached to an aromatic ring is 1. The number of carbonyl (C=O) groups is 1. The van der Waals surface area contributed by atoms with E-state index in [-0.39, 0.29) is 36.3 Å².